The summed E-state index contributed by atoms with van der Waals surface area (Å²) in [4.78, 5) is 26.6. The first kappa shape index (κ1) is 11.6. The Morgan fingerprint density at radius 2 is 2.06 bits per heavy atom. The van der Waals surface area contributed by atoms with Crippen molar-refractivity contribution in [3.8, 4) is 0 Å². The van der Waals surface area contributed by atoms with Gasteiger partial charge in [0.1, 0.15) is 0 Å². The molecule has 0 fully saturated rings. The summed E-state index contributed by atoms with van der Waals surface area (Å²) >= 11 is 3.86. The highest BCUT2D eigenvalue weighted by Gasteiger charge is 2.01. The quantitative estimate of drug-likeness (QED) is 0.789. The molecule has 0 bridgehead atoms. The van der Waals surface area contributed by atoms with Crippen LogP contribution in [0.3, 0.4) is 0 Å². The minimum absolute atomic E-state index is 0.0676. The molecule has 17 heavy (non-hydrogen) atoms. The molecule has 1 aromatic heterocycles. The first-order valence-corrected chi connectivity index (χ1v) is 5.64. The summed E-state index contributed by atoms with van der Waals surface area (Å²) in [6.45, 7) is 0. The normalized spacial score (nSPS) is 10.2. The molecule has 2 aromatic rings. The van der Waals surface area contributed by atoms with Gasteiger partial charge in [0, 0.05) is 17.1 Å². The van der Waals surface area contributed by atoms with E-state index >= 15 is 0 Å². The van der Waals surface area contributed by atoms with Gasteiger partial charge < -0.3 is 5.32 Å². The number of rotatable bonds is 2. The Morgan fingerprint density at radius 3 is 2.82 bits per heavy atom. The van der Waals surface area contributed by atoms with E-state index in [1.807, 2.05) is 12.1 Å². The number of anilines is 1. The number of carbonyl (C=O) groups excluding carboxylic acids is 1. The second-order valence-corrected chi connectivity index (χ2v) is 3.78. The summed E-state index contributed by atoms with van der Waals surface area (Å²) in [7, 11) is 0. The van der Waals surface area contributed by atoms with Crippen molar-refractivity contribution in [2.24, 2.45) is 0 Å². The highest BCUT2D eigenvalue weighted by molar-refractivity contribution is 7.81. The molecule has 86 valence electrons. The molecule has 1 aromatic carbocycles. The minimum Gasteiger partial charge on any atom is -0.325 e. The van der Waals surface area contributed by atoms with Gasteiger partial charge in [-0.25, -0.2) is 4.98 Å². The number of nitrogens with one attached hydrogen (secondary N) is 1. The molecule has 0 spiro atoms. The van der Waals surface area contributed by atoms with Crippen LogP contribution in [0.4, 0.5) is 5.69 Å². The molecule has 0 aliphatic heterocycles. The Bertz CT molecular complexity index is 628. The van der Waals surface area contributed by atoms with Crippen LogP contribution in [0.2, 0.25) is 0 Å². The zero-order valence-electron chi connectivity index (χ0n) is 8.88. The Hall–Kier alpha value is -1.88. The first-order valence-electron chi connectivity index (χ1n) is 5.01. The summed E-state index contributed by atoms with van der Waals surface area (Å²) in [5.74, 6) is -0.193. The molecular weight excluding hydrogens is 236 g/mol. The van der Waals surface area contributed by atoms with Crippen LogP contribution in [0.25, 0.3) is 10.9 Å². The topological polar surface area (TPSA) is 59.1 Å². The van der Waals surface area contributed by atoms with Gasteiger partial charge in [-0.15, -0.1) is 0 Å². The molecule has 0 unspecified atom stereocenters. The maximum Gasteiger partial charge on any atom is 0.272 e. The Kier molecular flexibility index (Phi) is 3.39. The number of hydrogen-bond donors (Lipinski definition) is 2. The van der Waals surface area contributed by atoms with Gasteiger partial charge in [0.2, 0.25) is 5.91 Å². The van der Waals surface area contributed by atoms with E-state index in [1.165, 1.54) is 6.07 Å². The zero-order chi connectivity index (χ0) is 12.3. The largest absolute Gasteiger partial charge is 0.325 e. The fourth-order valence-electron chi connectivity index (χ4n) is 1.48. The van der Waals surface area contributed by atoms with Crippen molar-refractivity contribution < 1.29 is 4.79 Å². The predicted molar refractivity (Wildman–Crippen MR) is 70.5 cm³/mol. The van der Waals surface area contributed by atoms with E-state index in [1.54, 1.807) is 18.2 Å². The van der Waals surface area contributed by atoms with Crippen LogP contribution in [-0.4, -0.2) is 16.6 Å². The number of fused-ring (bicyclic) bond motifs is 1. The second kappa shape index (κ2) is 4.97. The fourth-order valence-corrected chi connectivity index (χ4v) is 1.56. The average Bonchev–Trinajstić information content (AvgIpc) is 2.46. The summed E-state index contributed by atoms with van der Waals surface area (Å²) in [6.07, 6.45) is 0. The number of thiol groups is 1. The lowest BCUT2D eigenvalue weighted by Crippen LogP contribution is -2.13. The summed E-state index contributed by atoms with van der Waals surface area (Å²) in [6, 6.07) is 10.2. The number of amides is 1. The standard InChI is InChI=1S/C12H10N2O2S/c15-11-6-9(13-12(16)7-17)5-8-3-1-2-4-10(8)14-11/h1-6,17H,7H2,(H,13,16). The van der Waals surface area contributed by atoms with Crippen LogP contribution < -0.4 is 10.9 Å². The molecule has 5 heteroatoms. The maximum absolute atomic E-state index is 11.5. The van der Waals surface area contributed by atoms with E-state index < -0.39 is 0 Å². The van der Waals surface area contributed by atoms with E-state index in [0.29, 0.717) is 11.2 Å². The number of para-hydroxylation sites is 1. The molecule has 1 N–H and O–H groups in total. The predicted octanol–water partition coefficient (Wildman–Crippen LogP) is 1.46. The van der Waals surface area contributed by atoms with Crippen LogP contribution in [-0.2, 0) is 4.79 Å². The third-order valence-corrected chi connectivity index (χ3v) is 2.47. The van der Waals surface area contributed by atoms with Gasteiger partial charge in [0.15, 0.2) is 0 Å². The molecule has 4 nitrogen and oxygen atoms in total. The lowest BCUT2D eigenvalue weighted by molar-refractivity contribution is -0.113. The Balaban J connectivity index is 2.58. The van der Waals surface area contributed by atoms with Crippen LogP contribution in [0.1, 0.15) is 0 Å². The Labute approximate surface area is 103 Å². The molecule has 1 amide bonds. The number of nitrogens with zero attached hydrogens (tertiary/aromatic N) is 1. The zero-order valence-corrected chi connectivity index (χ0v) is 9.78. The van der Waals surface area contributed by atoms with Crippen molar-refractivity contribution in [1.29, 1.82) is 0 Å². The van der Waals surface area contributed by atoms with Crippen LogP contribution in [0.5, 0.6) is 0 Å². The van der Waals surface area contributed by atoms with Crippen molar-refractivity contribution in [2.75, 3.05) is 11.1 Å². The summed E-state index contributed by atoms with van der Waals surface area (Å²) < 4.78 is 0. The van der Waals surface area contributed by atoms with Crippen molar-refractivity contribution in [1.82, 2.24) is 4.98 Å². The van der Waals surface area contributed by atoms with Gasteiger partial charge in [-0.05, 0) is 12.1 Å². The molecule has 0 saturated carbocycles. The lowest BCUT2D eigenvalue weighted by atomic mass is 10.2. The van der Waals surface area contributed by atoms with Gasteiger partial charge >= 0.3 is 0 Å². The third-order valence-electron chi connectivity index (χ3n) is 2.18. The Morgan fingerprint density at radius 1 is 1.29 bits per heavy atom. The molecule has 1 heterocycles. The minimum atomic E-state index is -0.388. The maximum atomic E-state index is 11.5. The van der Waals surface area contributed by atoms with E-state index in [2.05, 4.69) is 22.9 Å². The molecular formula is C12H10N2O2S. The monoisotopic (exact) mass is 246 g/mol. The summed E-state index contributed by atoms with van der Waals surface area (Å²) in [5.41, 5.74) is 0.646. The third kappa shape index (κ3) is 2.82. The van der Waals surface area contributed by atoms with Crippen molar-refractivity contribution >= 4 is 35.1 Å². The van der Waals surface area contributed by atoms with Crippen LogP contribution in [0, 0.1) is 0 Å². The van der Waals surface area contributed by atoms with Gasteiger partial charge in [-0.3, -0.25) is 9.59 Å². The summed E-state index contributed by atoms with van der Waals surface area (Å²) in [5, 5.41) is 3.38. The molecule has 0 radical (unpaired) electrons. The van der Waals surface area contributed by atoms with Crippen molar-refractivity contribution in [3.63, 3.8) is 0 Å². The number of hydrogen-bond acceptors (Lipinski definition) is 4. The van der Waals surface area contributed by atoms with Crippen molar-refractivity contribution in [2.45, 2.75) is 0 Å². The molecule has 2 rings (SSSR count). The van der Waals surface area contributed by atoms with E-state index in [4.69, 9.17) is 0 Å². The number of benzene rings is 1. The molecule has 0 aliphatic rings. The highest BCUT2D eigenvalue weighted by atomic mass is 32.1. The average molecular weight is 246 g/mol. The molecule has 0 atom stereocenters. The first-order chi connectivity index (χ1) is 8.19. The highest BCUT2D eigenvalue weighted by Crippen LogP contribution is 2.12. The number of carbonyl (C=O) groups is 1. The van der Waals surface area contributed by atoms with Gasteiger partial charge in [0.05, 0.1) is 11.3 Å². The fraction of sp³-hybridized carbons (Fsp3) is 0.0833. The van der Waals surface area contributed by atoms with Crippen LogP contribution in [0.15, 0.2) is 41.2 Å². The van der Waals surface area contributed by atoms with Crippen LogP contribution >= 0.6 is 12.6 Å². The molecule has 0 aliphatic carbocycles. The van der Waals surface area contributed by atoms with Crippen molar-refractivity contribution in [3.05, 3.63) is 46.8 Å². The smallest absolute Gasteiger partial charge is 0.272 e. The van der Waals surface area contributed by atoms with E-state index in [-0.39, 0.29) is 17.2 Å². The van der Waals surface area contributed by atoms with E-state index in [9.17, 15) is 9.59 Å². The SMILES string of the molecule is O=C(CS)Nc1cc(=O)nc2ccccc2c1. The lowest BCUT2D eigenvalue weighted by Gasteiger charge is -1.99. The molecule has 0 saturated heterocycles. The number of aromatic nitrogens is 1. The van der Waals surface area contributed by atoms with E-state index in [0.717, 1.165) is 5.39 Å². The van der Waals surface area contributed by atoms with Gasteiger partial charge in [-0.1, -0.05) is 18.2 Å². The second-order valence-electron chi connectivity index (χ2n) is 3.46. The van der Waals surface area contributed by atoms with Gasteiger partial charge in [-0.2, -0.15) is 12.6 Å². The van der Waals surface area contributed by atoms with Gasteiger partial charge in [0.25, 0.3) is 5.56 Å².